The summed E-state index contributed by atoms with van der Waals surface area (Å²) in [5, 5.41) is 0. The zero-order valence-electron chi connectivity index (χ0n) is 42.7. The summed E-state index contributed by atoms with van der Waals surface area (Å²) in [4.78, 5) is 38.1. The second kappa shape index (κ2) is 53.5. The molecule has 6 heteroatoms. The third kappa shape index (κ3) is 51.7. The smallest absolute Gasteiger partial charge is 0.306 e. The highest BCUT2D eigenvalue weighted by molar-refractivity contribution is 5.71. The molecule has 6 nitrogen and oxygen atoms in total. The normalized spacial score (nSPS) is 12.6. The molecule has 0 amide bonds. The van der Waals surface area contributed by atoms with E-state index in [1.54, 1.807) is 0 Å². The summed E-state index contributed by atoms with van der Waals surface area (Å²) >= 11 is 0. The molecule has 0 N–H and O–H groups in total. The van der Waals surface area contributed by atoms with Crippen molar-refractivity contribution in [1.82, 2.24) is 0 Å². The maximum Gasteiger partial charge on any atom is 0.306 e. The van der Waals surface area contributed by atoms with Crippen LogP contribution in [0.1, 0.15) is 265 Å². The predicted molar refractivity (Wildman–Crippen MR) is 279 cm³/mol. The van der Waals surface area contributed by atoms with Crippen molar-refractivity contribution in [1.29, 1.82) is 0 Å². The highest BCUT2D eigenvalue weighted by Crippen LogP contribution is 2.14. The van der Waals surface area contributed by atoms with E-state index in [2.05, 4.69) is 93.7 Å². The van der Waals surface area contributed by atoms with Gasteiger partial charge < -0.3 is 14.2 Å². The molecule has 0 aliphatic heterocycles. The fraction of sp³-hybridized carbons (Fsp3) is 0.746. The van der Waals surface area contributed by atoms with Crippen molar-refractivity contribution in [3.8, 4) is 0 Å². The van der Waals surface area contributed by atoms with Crippen LogP contribution in [0, 0.1) is 0 Å². The Morgan fingerprint density at radius 3 is 1.06 bits per heavy atom. The third-order valence-corrected chi connectivity index (χ3v) is 11.7. The van der Waals surface area contributed by atoms with Crippen molar-refractivity contribution in [2.75, 3.05) is 13.2 Å². The molecule has 0 spiro atoms. The van der Waals surface area contributed by atoms with Crippen molar-refractivity contribution in [3.05, 3.63) is 72.9 Å². The minimum atomic E-state index is -0.795. The molecule has 374 valence electrons. The van der Waals surface area contributed by atoms with Crippen LogP contribution < -0.4 is 0 Å². The molecule has 0 saturated heterocycles. The van der Waals surface area contributed by atoms with Crippen LogP contribution >= 0.6 is 0 Å². The molecule has 0 heterocycles. The molecule has 65 heavy (non-hydrogen) atoms. The number of rotatable bonds is 49. The van der Waals surface area contributed by atoms with E-state index < -0.39 is 6.10 Å². The fourth-order valence-corrected chi connectivity index (χ4v) is 7.56. The van der Waals surface area contributed by atoms with Gasteiger partial charge in [0.25, 0.3) is 0 Å². The van der Waals surface area contributed by atoms with Crippen LogP contribution in [0.3, 0.4) is 0 Å². The first-order valence-corrected chi connectivity index (χ1v) is 27.5. The SMILES string of the molecule is CC/C=C\C/C=C\C/C=C\CCCCCCCCC(=O)OC(COC(=O)CCCCC/C=C\CCCCCCCC)COC(=O)CCCCCCC/C=C\C=C/CCCCCCCCC. The van der Waals surface area contributed by atoms with Crippen molar-refractivity contribution < 1.29 is 28.6 Å². The lowest BCUT2D eigenvalue weighted by molar-refractivity contribution is -0.167. The Morgan fingerprint density at radius 1 is 0.338 bits per heavy atom. The van der Waals surface area contributed by atoms with Gasteiger partial charge in [0.2, 0.25) is 0 Å². The molecule has 1 atom stereocenters. The van der Waals surface area contributed by atoms with Gasteiger partial charge in [0.15, 0.2) is 6.10 Å². The maximum atomic E-state index is 12.8. The highest BCUT2D eigenvalue weighted by atomic mass is 16.6. The quantitative estimate of drug-likeness (QED) is 0.0199. The van der Waals surface area contributed by atoms with Crippen molar-refractivity contribution in [2.45, 2.75) is 271 Å². The van der Waals surface area contributed by atoms with Gasteiger partial charge in [0, 0.05) is 19.3 Å². The van der Waals surface area contributed by atoms with Crippen molar-refractivity contribution in [3.63, 3.8) is 0 Å². The number of carbonyl (C=O) groups is 3. The van der Waals surface area contributed by atoms with Gasteiger partial charge in [-0.15, -0.1) is 0 Å². The molecule has 0 aromatic carbocycles. The largest absolute Gasteiger partial charge is 0.462 e. The van der Waals surface area contributed by atoms with Gasteiger partial charge in [-0.3, -0.25) is 14.4 Å². The third-order valence-electron chi connectivity index (χ3n) is 11.7. The highest BCUT2D eigenvalue weighted by Gasteiger charge is 2.19. The van der Waals surface area contributed by atoms with Crippen LogP contribution in [0.25, 0.3) is 0 Å². The number of hydrogen-bond acceptors (Lipinski definition) is 6. The molecule has 0 aromatic rings. The Morgan fingerprint density at radius 2 is 0.646 bits per heavy atom. The summed E-state index contributed by atoms with van der Waals surface area (Å²) in [6.07, 6.45) is 67.4. The minimum Gasteiger partial charge on any atom is -0.462 e. The van der Waals surface area contributed by atoms with E-state index in [0.29, 0.717) is 19.3 Å². The Balaban J connectivity index is 4.44. The van der Waals surface area contributed by atoms with Gasteiger partial charge in [0.1, 0.15) is 13.2 Å². The standard InChI is InChI=1S/C59H102O6/c1-4-7-10-13-16-19-22-25-27-29-30-32-34-37-40-43-46-49-52-58(61)64-55-56(54-63-57(60)51-48-45-42-39-36-33-24-21-18-15-12-9-6-3)65-59(62)53-50-47-44-41-38-35-31-28-26-23-20-17-14-11-8-5-2/h8,11,17,20,26-30,32-33,36,56H,4-7,9-10,12-16,18-19,21-25,31,34-35,37-55H2,1-3H3/b11-8-,20-17-,28-26-,29-27-,32-30-,36-33-. The van der Waals surface area contributed by atoms with E-state index >= 15 is 0 Å². The van der Waals surface area contributed by atoms with E-state index in [1.807, 2.05) is 0 Å². The molecule has 0 aromatic heterocycles. The Labute approximate surface area is 402 Å². The van der Waals surface area contributed by atoms with E-state index in [1.165, 1.54) is 103 Å². The second-order valence-corrected chi connectivity index (χ2v) is 18.1. The fourth-order valence-electron chi connectivity index (χ4n) is 7.56. The molecular weight excluding hydrogens is 805 g/mol. The van der Waals surface area contributed by atoms with Crippen LogP contribution in [-0.4, -0.2) is 37.2 Å². The van der Waals surface area contributed by atoms with Gasteiger partial charge >= 0.3 is 17.9 Å². The molecule has 0 rings (SSSR count). The summed E-state index contributed by atoms with van der Waals surface area (Å²) in [5.74, 6) is -0.932. The van der Waals surface area contributed by atoms with E-state index in [-0.39, 0.29) is 31.1 Å². The number of allylic oxidation sites excluding steroid dienone is 12. The van der Waals surface area contributed by atoms with Crippen LogP contribution in [0.5, 0.6) is 0 Å². The topological polar surface area (TPSA) is 78.9 Å². The lowest BCUT2D eigenvalue weighted by Crippen LogP contribution is -2.30. The summed E-state index contributed by atoms with van der Waals surface area (Å²) in [6.45, 7) is 6.49. The number of hydrogen-bond donors (Lipinski definition) is 0. The van der Waals surface area contributed by atoms with Gasteiger partial charge in [-0.25, -0.2) is 0 Å². The van der Waals surface area contributed by atoms with Gasteiger partial charge in [-0.05, 0) is 103 Å². The molecular formula is C59H102O6. The van der Waals surface area contributed by atoms with E-state index in [0.717, 1.165) is 122 Å². The molecule has 0 fully saturated rings. The van der Waals surface area contributed by atoms with E-state index in [9.17, 15) is 14.4 Å². The average molecular weight is 907 g/mol. The molecule has 0 aliphatic carbocycles. The summed E-state index contributed by atoms with van der Waals surface area (Å²) in [6, 6.07) is 0. The number of ether oxygens (including phenoxy) is 3. The monoisotopic (exact) mass is 907 g/mol. The lowest BCUT2D eigenvalue weighted by atomic mass is 10.1. The zero-order chi connectivity index (χ0) is 47.2. The summed E-state index contributed by atoms with van der Waals surface area (Å²) in [7, 11) is 0. The zero-order valence-corrected chi connectivity index (χ0v) is 42.7. The Kier molecular flexibility index (Phi) is 50.9. The predicted octanol–water partition coefficient (Wildman–Crippen LogP) is 18.2. The molecule has 0 radical (unpaired) electrons. The number of esters is 3. The minimum absolute atomic E-state index is 0.0935. The second-order valence-electron chi connectivity index (χ2n) is 18.1. The number of carbonyl (C=O) groups excluding carboxylic acids is 3. The van der Waals surface area contributed by atoms with Crippen LogP contribution in [0.2, 0.25) is 0 Å². The van der Waals surface area contributed by atoms with Crippen LogP contribution in [0.15, 0.2) is 72.9 Å². The number of unbranched alkanes of at least 4 members (excludes halogenated alkanes) is 27. The van der Waals surface area contributed by atoms with Crippen molar-refractivity contribution in [2.24, 2.45) is 0 Å². The van der Waals surface area contributed by atoms with Crippen LogP contribution in [0.4, 0.5) is 0 Å². The first-order valence-electron chi connectivity index (χ1n) is 27.5. The summed E-state index contributed by atoms with van der Waals surface area (Å²) in [5.41, 5.74) is 0. The summed E-state index contributed by atoms with van der Waals surface area (Å²) < 4.78 is 16.8. The first-order chi connectivity index (χ1) is 32.0. The van der Waals surface area contributed by atoms with Gasteiger partial charge in [-0.2, -0.15) is 0 Å². The van der Waals surface area contributed by atoms with Gasteiger partial charge in [-0.1, -0.05) is 216 Å². The maximum absolute atomic E-state index is 12.8. The first kappa shape index (κ1) is 61.9. The molecule has 0 saturated carbocycles. The molecule has 0 bridgehead atoms. The van der Waals surface area contributed by atoms with Crippen LogP contribution in [-0.2, 0) is 28.6 Å². The Hall–Kier alpha value is -3.15. The van der Waals surface area contributed by atoms with Gasteiger partial charge in [0.05, 0.1) is 0 Å². The average Bonchev–Trinajstić information content (AvgIpc) is 3.30. The molecule has 1 unspecified atom stereocenters. The lowest BCUT2D eigenvalue weighted by Gasteiger charge is -2.18. The van der Waals surface area contributed by atoms with E-state index in [4.69, 9.17) is 14.2 Å². The molecule has 0 aliphatic rings. The van der Waals surface area contributed by atoms with Crippen molar-refractivity contribution >= 4 is 17.9 Å². The Bertz CT molecular complexity index is 1230.